The van der Waals surface area contributed by atoms with Gasteiger partial charge >= 0.3 is 0 Å². The summed E-state index contributed by atoms with van der Waals surface area (Å²) in [5.74, 6) is 0.316. The van der Waals surface area contributed by atoms with Crippen molar-refractivity contribution in [3.63, 3.8) is 0 Å². The molecule has 6 nitrogen and oxygen atoms in total. The topological polar surface area (TPSA) is 80.0 Å². The van der Waals surface area contributed by atoms with Gasteiger partial charge in [-0.3, -0.25) is 9.48 Å². The zero-order valence-electron chi connectivity index (χ0n) is 13.4. The second kappa shape index (κ2) is 6.80. The van der Waals surface area contributed by atoms with Crippen LogP contribution in [0.15, 0.2) is 17.9 Å². The molecule has 0 spiro atoms. The Balaban J connectivity index is 1.61. The summed E-state index contributed by atoms with van der Waals surface area (Å²) >= 11 is 1.59. The third-order valence-corrected chi connectivity index (χ3v) is 5.44. The van der Waals surface area contributed by atoms with Crippen LogP contribution in [-0.2, 0) is 18.3 Å². The summed E-state index contributed by atoms with van der Waals surface area (Å²) in [7, 11) is 1.87. The predicted octanol–water partition coefficient (Wildman–Crippen LogP) is 1.75. The molecule has 1 amide bonds. The number of aliphatic hydroxyl groups is 1. The number of aliphatic hydroxyl groups excluding tert-OH is 1. The van der Waals surface area contributed by atoms with Gasteiger partial charge in [0.2, 0.25) is 5.91 Å². The van der Waals surface area contributed by atoms with Crippen molar-refractivity contribution in [1.29, 1.82) is 0 Å². The number of aromatic nitrogens is 3. The lowest BCUT2D eigenvalue weighted by Crippen LogP contribution is -2.41. The lowest BCUT2D eigenvalue weighted by Gasteiger charge is -2.37. The summed E-state index contributed by atoms with van der Waals surface area (Å²) in [5.41, 5.74) is 3.83. The fraction of sp³-hybridized carbons (Fsp3) is 0.562. The van der Waals surface area contributed by atoms with Crippen molar-refractivity contribution in [2.45, 2.75) is 44.8 Å². The Morgan fingerprint density at radius 3 is 2.91 bits per heavy atom. The first-order chi connectivity index (χ1) is 11.0. The predicted molar refractivity (Wildman–Crippen MR) is 88.0 cm³/mol. The molecule has 2 N–H and O–H groups in total. The summed E-state index contributed by atoms with van der Waals surface area (Å²) in [6.07, 6.45) is 6.12. The minimum absolute atomic E-state index is 0.0352. The number of nitrogens with zero attached hydrogens (tertiary/aromatic N) is 3. The van der Waals surface area contributed by atoms with Gasteiger partial charge in [-0.15, -0.1) is 11.3 Å². The standard InChI is InChI=1S/C16H22N4O2S/c1-10-14(23-9-17-10)3-4-15(22)19-16(11-5-13(21)6-11)12-7-18-20(2)8-12/h7-9,11,13,16,21H,3-6H2,1-2H3,(H,19,22)/t11?,13?,16-/m0/s1. The van der Waals surface area contributed by atoms with Gasteiger partial charge in [-0.1, -0.05) is 0 Å². The number of aryl methyl sites for hydroxylation is 3. The van der Waals surface area contributed by atoms with Crippen LogP contribution in [0.4, 0.5) is 0 Å². The molecule has 0 bridgehead atoms. The highest BCUT2D eigenvalue weighted by Gasteiger charge is 2.36. The summed E-state index contributed by atoms with van der Waals surface area (Å²) in [5, 5.41) is 16.9. The monoisotopic (exact) mass is 334 g/mol. The van der Waals surface area contributed by atoms with Crippen molar-refractivity contribution in [2.75, 3.05) is 0 Å². The number of carbonyl (C=O) groups is 1. The fourth-order valence-electron chi connectivity index (χ4n) is 3.01. The van der Waals surface area contributed by atoms with Crippen LogP contribution < -0.4 is 5.32 Å². The molecule has 23 heavy (non-hydrogen) atoms. The number of rotatable bonds is 6. The van der Waals surface area contributed by atoms with Crippen LogP contribution in [0.5, 0.6) is 0 Å². The molecule has 0 aliphatic heterocycles. The summed E-state index contributed by atoms with van der Waals surface area (Å²) < 4.78 is 1.74. The smallest absolute Gasteiger partial charge is 0.220 e. The van der Waals surface area contributed by atoms with E-state index < -0.39 is 0 Å². The highest BCUT2D eigenvalue weighted by atomic mass is 32.1. The van der Waals surface area contributed by atoms with Crippen LogP contribution in [0.25, 0.3) is 0 Å². The van der Waals surface area contributed by atoms with Crippen LogP contribution >= 0.6 is 11.3 Å². The summed E-state index contributed by atoms with van der Waals surface area (Å²) in [6.45, 7) is 1.97. The molecular weight excluding hydrogens is 312 g/mol. The summed E-state index contributed by atoms with van der Waals surface area (Å²) in [4.78, 5) is 17.7. The van der Waals surface area contributed by atoms with E-state index in [1.54, 1.807) is 22.2 Å². The maximum absolute atomic E-state index is 12.3. The molecule has 2 aromatic rings. The van der Waals surface area contributed by atoms with Crippen molar-refractivity contribution in [2.24, 2.45) is 13.0 Å². The van der Waals surface area contributed by atoms with Crippen molar-refractivity contribution >= 4 is 17.2 Å². The van der Waals surface area contributed by atoms with Gasteiger partial charge in [0.1, 0.15) is 0 Å². The first-order valence-electron chi connectivity index (χ1n) is 7.88. The van der Waals surface area contributed by atoms with Gasteiger partial charge in [-0.05, 0) is 32.1 Å². The van der Waals surface area contributed by atoms with E-state index in [4.69, 9.17) is 0 Å². The maximum Gasteiger partial charge on any atom is 0.220 e. The molecule has 0 saturated heterocycles. The highest BCUT2D eigenvalue weighted by Crippen LogP contribution is 2.38. The lowest BCUT2D eigenvalue weighted by atomic mass is 9.75. The van der Waals surface area contributed by atoms with Crippen LogP contribution in [-0.4, -0.2) is 31.9 Å². The van der Waals surface area contributed by atoms with E-state index in [1.165, 1.54) is 0 Å². The lowest BCUT2D eigenvalue weighted by molar-refractivity contribution is -0.123. The Hall–Kier alpha value is -1.73. The van der Waals surface area contributed by atoms with Crippen LogP contribution in [0.2, 0.25) is 0 Å². The molecule has 0 unspecified atom stereocenters. The van der Waals surface area contributed by atoms with Gasteiger partial charge < -0.3 is 10.4 Å². The van der Waals surface area contributed by atoms with Crippen molar-refractivity contribution in [3.8, 4) is 0 Å². The maximum atomic E-state index is 12.3. The molecule has 1 fully saturated rings. The molecule has 0 aromatic carbocycles. The second-order valence-electron chi connectivity index (χ2n) is 6.24. The van der Waals surface area contributed by atoms with Gasteiger partial charge in [-0.2, -0.15) is 5.10 Å². The zero-order valence-corrected chi connectivity index (χ0v) is 14.2. The molecule has 3 rings (SSSR count). The Bertz CT molecular complexity index is 675. The third kappa shape index (κ3) is 3.79. The Morgan fingerprint density at radius 2 is 2.35 bits per heavy atom. The van der Waals surface area contributed by atoms with E-state index >= 15 is 0 Å². The molecule has 1 aliphatic rings. The minimum atomic E-state index is -0.240. The quantitative estimate of drug-likeness (QED) is 0.843. The van der Waals surface area contributed by atoms with E-state index in [9.17, 15) is 9.90 Å². The van der Waals surface area contributed by atoms with Crippen molar-refractivity contribution in [1.82, 2.24) is 20.1 Å². The van der Waals surface area contributed by atoms with Crippen molar-refractivity contribution < 1.29 is 9.90 Å². The first-order valence-corrected chi connectivity index (χ1v) is 8.76. The highest BCUT2D eigenvalue weighted by molar-refractivity contribution is 7.09. The number of carbonyl (C=O) groups excluding carboxylic acids is 1. The van der Waals surface area contributed by atoms with E-state index in [-0.39, 0.29) is 24.0 Å². The molecule has 1 saturated carbocycles. The number of nitrogens with one attached hydrogen (secondary N) is 1. The first kappa shape index (κ1) is 16.1. The number of amides is 1. The second-order valence-corrected chi connectivity index (χ2v) is 7.18. The van der Waals surface area contributed by atoms with E-state index in [1.807, 2.05) is 25.7 Å². The Kier molecular flexibility index (Phi) is 4.77. The number of thiazole rings is 1. The molecule has 124 valence electrons. The number of hydrogen-bond acceptors (Lipinski definition) is 5. The Labute approximate surface area is 139 Å². The van der Waals surface area contributed by atoms with E-state index in [2.05, 4.69) is 15.4 Å². The van der Waals surface area contributed by atoms with Gasteiger partial charge in [0.25, 0.3) is 0 Å². The molecule has 2 aromatic heterocycles. The number of hydrogen-bond donors (Lipinski definition) is 2. The molecule has 7 heteroatoms. The molecule has 2 heterocycles. The Morgan fingerprint density at radius 1 is 1.57 bits per heavy atom. The van der Waals surface area contributed by atoms with Gasteiger partial charge in [0.15, 0.2) is 0 Å². The SMILES string of the molecule is Cc1ncsc1CCC(=O)N[C@H](c1cnn(C)c1)C1CC(O)C1. The molecular formula is C16H22N4O2S. The largest absolute Gasteiger partial charge is 0.393 e. The molecule has 0 radical (unpaired) electrons. The molecule has 1 aliphatic carbocycles. The van der Waals surface area contributed by atoms with Crippen LogP contribution in [0, 0.1) is 12.8 Å². The summed E-state index contributed by atoms with van der Waals surface area (Å²) in [6, 6.07) is -0.0674. The van der Waals surface area contributed by atoms with Crippen molar-refractivity contribution in [3.05, 3.63) is 34.0 Å². The third-order valence-electron chi connectivity index (χ3n) is 4.45. The van der Waals surface area contributed by atoms with Crippen LogP contribution in [0.1, 0.15) is 41.4 Å². The average Bonchev–Trinajstić information content (AvgIpc) is 3.08. The minimum Gasteiger partial charge on any atom is -0.393 e. The van der Waals surface area contributed by atoms with Crippen LogP contribution in [0.3, 0.4) is 0 Å². The van der Waals surface area contributed by atoms with Gasteiger partial charge in [-0.25, -0.2) is 4.98 Å². The van der Waals surface area contributed by atoms with Gasteiger partial charge in [0.05, 0.1) is 29.5 Å². The molecule has 1 atom stereocenters. The average molecular weight is 334 g/mol. The zero-order chi connectivity index (χ0) is 16.4. The fourth-order valence-corrected chi connectivity index (χ4v) is 3.80. The van der Waals surface area contributed by atoms with E-state index in [0.29, 0.717) is 6.42 Å². The van der Waals surface area contributed by atoms with E-state index in [0.717, 1.165) is 35.4 Å². The van der Waals surface area contributed by atoms with Gasteiger partial charge in [0, 0.05) is 30.1 Å². The normalized spacial score (nSPS) is 21.7.